The van der Waals surface area contributed by atoms with E-state index in [1.807, 2.05) is 29.6 Å². The number of non-ortho nitro benzene ring substituents is 1. The molecule has 6 atom stereocenters. The fraction of sp³-hybridized carbons (Fsp3) is 0.404. The lowest BCUT2D eigenvalue weighted by Gasteiger charge is -2.31. The Morgan fingerprint density at radius 2 is 1.34 bits per heavy atom. The number of amides is 8. The van der Waals surface area contributed by atoms with Gasteiger partial charge in [-0.1, -0.05) is 36.4 Å². The number of hydrogen-bond donors (Lipinski definition) is 12. The van der Waals surface area contributed by atoms with Crippen LogP contribution in [-0.4, -0.2) is 130 Å². The Morgan fingerprint density at radius 3 is 1.95 bits per heavy atom. The number of rotatable bonds is 28. The van der Waals surface area contributed by atoms with Crippen molar-refractivity contribution in [1.29, 1.82) is 0 Å². The van der Waals surface area contributed by atoms with Crippen molar-refractivity contribution in [1.82, 2.24) is 36.5 Å². The fourth-order valence-electron chi connectivity index (χ4n) is 8.29. The minimum Gasteiger partial charge on any atom is -0.370 e. The average molecular weight is 1040 g/mol. The first-order valence-electron chi connectivity index (χ1n) is 23.6. The zero-order chi connectivity index (χ0) is 53.9. The number of carbonyl (C=O) groups is 8. The van der Waals surface area contributed by atoms with Gasteiger partial charge in [0.2, 0.25) is 47.3 Å². The highest BCUT2D eigenvalue weighted by molar-refractivity contribution is 7.10. The standard InChI is InChI=1S/C47H62N16O10S/c48-38(64)24-34(40(49)66)60-41(67)32(10-3-17-54-46(50)51)58-44(70)37-12-5-19-62(37)45(71)33(11-4-18-55-47(52)53)59-42(68)35(21-26-13-15-28(16-14-26)63(72)73)61-43(69)36(57-39(65)23-29-7-6-20-74-29)22-27-25-56-31-9-2-1-8-30(27)31/h1-2,6-9,13-16,20,25,32-37,56H,3-5,10-12,17-19,21-24H2,(H2,48,64)(H2,49,66)(H,57,65)(H,58,70)(H,59,68)(H,60,67)(H,61,69)(H4,50,51,54)(H4,52,53,55)/t32-,33-,34-,35-,36-,37-/m0/s1. The van der Waals surface area contributed by atoms with E-state index in [1.54, 1.807) is 18.3 Å². The molecule has 0 aliphatic carbocycles. The summed E-state index contributed by atoms with van der Waals surface area (Å²) in [5.74, 6) is -6.86. The summed E-state index contributed by atoms with van der Waals surface area (Å²) in [7, 11) is 0. The van der Waals surface area contributed by atoms with Gasteiger partial charge in [-0.05, 0) is 67.2 Å². The molecule has 8 amide bonds. The van der Waals surface area contributed by atoms with Crippen molar-refractivity contribution in [3.05, 3.63) is 98.4 Å². The van der Waals surface area contributed by atoms with Crippen LogP contribution in [0.15, 0.2) is 82.2 Å². The summed E-state index contributed by atoms with van der Waals surface area (Å²) in [6.45, 7) is 0.136. The summed E-state index contributed by atoms with van der Waals surface area (Å²) >= 11 is 1.36. The summed E-state index contributed by atoms with van der Waals surface area (Å²) in [5, 5.41) is 27.5. The summed E-state index contributed by atoms with van der Waals surface area (Å²) in [4.78, 5) is 133. The SMILES string of the molecule is NC(=O)C[C@H](NC(=O)[C@H](CCCN=C(N)N)NC(=O)[C@@H]1CCCN1C(=O)[C@H](CCCN=C(N)N)NC(=O)[C@H](Cc1ccc([N+](=O)[O-])cc1)NC(=O)[C@H](Cc1c[nH]c2ccccc12)NC(=O)Cc1cccs1)C(N)=O. The van der Waals surface area contributed by atoms with Gasteiger partial charge < -0.3 is 70.9 Å². The first kappa shape index (κ1) is 56.3. The molecule has 2 aromatic carbocycles. The summed E-state index contributed by atoms with van der Waals surface area (Å²) in [6.07, 6.45) is 1.48. The van der Waals surface area contributed by atoms with Gasteiger partial charge in [0.25, 0.3) is 5.69 Å². The molecule has 74 heavy (non-hydrogen) atoms. The quantitative estimate of drug-likeness (QED) is 0.00968. The second-order valence-corrected chi connectivity index (χ2v) is 18.5. The largest absolute Gasteiger partial charge is 0.370 e. The third-order valence-electron chi connectivity index (χ3n) is 11.9. The van der Waals surface area contributed by atoms with E-state index in [9.17, 15) is 48.5 Å². The van der Waals surface area contributed by atoms with Crippen LogP contribution in [0.1, 0.15) is 60.9 Å². The van der Waals surface area contributed by atoms with Crippen LogP contribution in [0.4, 0.5) is 5.69 Å². The van der Waals surface area contributed by atoms with Gasteiger partial charge in [0.05, 0.1) is 17.8 Å². The van der Waals surface area contributed by atoms with Crippen LogP contribution in [0.5, 0.6) is 0 Å². The zero-order valence-corrected chi connectivity index (χ0v) is 41.1. The number of nitro groups is 1. The predicted molar refractivity (Wildman–Crippen MR) is 274 cm³/mol. The molecule has 0 bridgehead atoms. The highest BCUT2D eigenvalue weighted by atomic mass is 32.1. The van der Waals surface area contributed by atoms with Gasteiger partial charge in [-0.25, -0.2) is 0 Å². The van der Waals surface area contributed by atoms with Crippen molar-refractivity contribution in [2.75, 3.05) is 19.6 Å². The van der Waals surface area contributed by atoms with E-state index < -0.39 is 94.9 Å². The Hall–Kier alpha value is -8.62. The highest BCUT2D eigenvalue weighted by Gasteiger charge is 2.40. The van der Waals surface area contributed by atoms with Gasteiger partial charge in [-0.3, -0.25) is 58.5 Å². The van der Waals surface area contributed by atoms with Crippen LogP contribution in [0.2, 0.25) is 0 Å². The molecule has 4 aromatic rings. The lowest BCUT2D eigenvalue weighted by Crippen LogP contribution is -2.60. The van der Waals surface area contributed by atoms with E-state index in [-0.39, 0.29) is 88.6 Å². The van der Waals surface area contributed by atoms with Crippen LogP contribution in [0.3, 0.4) is 0 Å². The Labute approximate surface area is 428 Å². The molecule has 27 heteroatoms. The van der Waals surface area contributed by atoms with Crippen molar-refractivity contribution in [2.45, 2.75) is 100 Å². The van der Waals surface area contributed by atoms with Crippen molar-refractivity contribution in [3.8, 4) is 0 Å². The number of primary amides is 2. The second kappa shape index (κ2) is 27.3. The molecule has 0 radical (unpaired) electrons. The third kappa shape index (κ3) is 17.0. The molecule has 0 unspecified atom stereocenters. The van der Waals surface area contributed by atoms with Crippen LogP contribution < -0.4 is 61.0 Å². The third-order valence-corrected chi connectivity index (χ3v) is 12.8. The normalized spacial score (nSPS) is 15.0. The number of aromatic amines is 1. The number of aromatic nitrogens is 1. The number of carbonyl (C=O) groups excluding carboxylic acids is 8. The molecule has 0 saturated carbocycles. The first-order valence-corrected chi connectivity index (χ1v) is 24.5. The van der Waals surface area contributed by atoms with Crippen molar-refractivity contribution in [3.63, 3.8) is 0 Å². The number of nitro benzene ring substituents is 1. The molecule has 18 N–H and O–H groups in total. The Kier molecular flexibility index (Phi) is 20.7. The monoisotopic (exact) mass is 1040 g/mol. The summed E-state index contributed by atoms with van der Waals surface area (Å²) in [6, 6.07) is 8.20. The van der Waals surface area contributed by atoms with Gasteiger partial charge in [0.15, 0.2) is 11.9 Å². The van der Waals surface area contributed by atoms with Gasteiger partial charge in [0, 0.05) is 66.6 Å². The number of hydrogen-bond acceptors (Lipinski definition) is 13. The van der Waals surface area contributed by atoms with Crippen molar-refractivity contribution in [2.24, 2.45) is 44.4 Å². The fourth-order valence-corrected chi connectivity index (χ4v) is 8.99. The highest BCUT2D eigenvalue weighted by Crippen LogP contribution is 2.23. The number of nitrogens with one attached hydrogen (secondary N) is 6. The van der Waals surface area contributed by atoms with Gasteiger partial charge in [-0.2, -0.15) is 0 Å². The van der Waals surface area contributed by atoms with Crippen molar-refractivity contribution < 1.29 is 43.3 Å². The molecule has 26 nitrogen and oxygen atoms in total. The molecule has 1 aliphatic rings. The van der Waals surface area contributed by atoms with Crippen LogP contribution in [-0.2, 0) is 57.6 Å². The lowest BCUT2D eigenvalue weighted by molar-refractivity contribution is -0.384. The number of nitrogens with zero attached hydrogens (tertiary/aromatic N) is 4. The van der Waals surface area contributed by atoms with Crippen LogP contribution >= 0.6 is 11.3 Å². The maximum absolute atomic E-state index is 14.7. The number of thiophene rings is 1. The maximum Gasteiger partial charge on any atom is 0.269 e. The van der Waals surface area contributed by atoms with Gasteiger partial charge >= 0.3 is 0 Å². The van der Waals surface area contributed by atoms with Gasteiger partial charge in [-0.15, -0.1) is 11.3 Å². The molecule has 1 saturated heterocycles. The smallest absolute Gasteiger partial charge is 0.269 e. The Balaban J connectivity index is 1.43. The number of aliphatic imine (C=N–C) groups is 2. The molecule has 5 rings (SSSR count). The van der Waals surface area contributed by atoms with E-state index in [4.69, 9.17) is 34.4 Å². The number of nitrogens with two attached hydrogens (primary N) is 6. The molecule has 396 valence electrons. The Morgan fingerprint density at radius 1 is 0.730 bits per heavy atom. The number of fused-ring (bicyclic) bond motifs is 1. The summed E-state index contributed by atoms with van der Waals surface area (Å²) in [5.41, 5.74) is 34.3. The zero-order valence-electron chi connectivity index (χ0n) is 40.3. The predicted octanol–water partition coefficient (Wildman–Crippen LogP) is -1.95. The van der Waals surface area contributed by atoms with Crippen LogP contribution in [0.25, 0.3) is 10.9 Å². The average Bonchev–Trinajstić information content (AvgIpc) is 4.15. The topological polar surface area (TPSA) is 440 Å². The molecule has 2 aromatic heterocycles. The van der Waals surface area contributed by atoms with E-state index in [2.05, 4.69) is 41.6 Å². The van der Waals surface area contributed by atoms with E-state index in [0.717, 1.165) is 15.8 Å². The number of benzene rings is 2. The lowest BCUT2D eigenvalue weighted by atomic mass is 10.0. The van der Waals surface area contributed by atoms with Gasteiger partial charge in [0.1, 0.15) is 36.3 Å². The molecule has 3 heterocycles. The van der Waals surface area contributed by atoms with Crippen molar-refractivity contribution >= 4 is 87.1 Å². The number of likely N-dealkylation sites (tertiary alicyclic amines) is 1. The van der Waals surface area contributed by atoms with Crippen LogP contribution in [0, 0.1) is 10.1 Å². The minimum atomic E-state index is -1.50. The molecular weight excluding hydrogens is 981 g/mol. The summed E-state index contributed by atoms with van der Waals surface area (Å²) < 4.78 is 0. The van der Waals surface area contributed by atoms with E-state index in [1.165, 1.54) is 40.5 Å². The number of guanidine groups is 2. The maximum atomic E-state index is 14.7. The molecule has 1 fully saturated rings. The first-order chi connectivity index (χ1) is 35.3. The van der Waals surface area contributed by atoms with E-state index in [0.29, 0.717) is 17.5 Å². The molecular formula is C47H62N16O10S. The van der Waals surface area contributed by atoms with E-state index >= 15 is 0 Å². The number of H-pyrrole nitrogens is 1. The molecule has 1 aliphatic heterocycles. The second-order valence-electron chi connectivity index (χ2n) is 17.5. The minimum absolute atomic E-state index is 0.0000964. The number of para-hydroxylation sites is 1. The Bertz CT molecular complexity index is 2700. The molecule has 0 spiro atoms.